The molecule has 1 aromatic carbocycles. The van der Waals surface area contributed by atoms with Crippen molar-refractivity contribution in [2.24, 2.45) is 0 Å². The maximum absolute atomic E-state index is 8.57. The van der Waals surface area contributed by atoms with Crippen LogP contribution >= 0.6 is 0 Å². The zero-order valence-corrected chi connectivity index (χ0v) is 15.1. The second-order valence-corrected chi connectivity index (χ2v) is 6.20. The molecular formula is C21H18N6O. The summed E-state index contributed by atoms with van der Waals surface area (Å²) < 4.78 is 5.87. The van der Waals surface area contributed by atoms with Gasteiger partial charge in [-0.15, -0.1) is 0 Å². The minimum absolute atomic E-state index is 0.491. The van der Waals surface area contributed by atoms with Crippen molar-refractivity contribution in [3.8, 4) is 29.0 Å². The van der Waals surface area contributed by atoms with E-state index in [0.717, 1.165) is 27.9 Å². The molecule has 0 aliphatic heterocycles. The molecule has 0 amide bonds. The van der Waals surface area contributed by atoms with Gasteiger partial charge in [-0.1, -0.05) is 6.07 Å². The lowest BCUT2D eigenvalue weighted by Crippen LogP contribution is -2.15. The molecule has 0 saturated heterocycles. The minimum atomic E-state index is 0.491. The summed E-state index contributed by atoms with van der Waals surface area (Å²) in [6.07, 6.45) is 3.94. The summed E-state index contributed by atoms with van der Waals surface area (Å²) in [6, 6.07) is 17.5. The predicted octanol–water partition coefficient (Wildman–Crippen LogP) is 3.82. The van der Waals surface area contributed by atoms with Gasteiger partial charge in [-0.3, -0.25) is 10.1 Å². The molecule has 4 rings (SSSR count). The van der Waals surface area contributed by atoms with Gasteiger partial charge in [-0.05, 0) is 36.4 Å². The lowest BCUT2D eigenvalue weighted by Gasteiger charge is -2.08. The molecule has 2 N–H and O–H groups in total. The Labute approximate surface area is 162 Å². The summed E-state index contributed by atoms with van der Waals surface area (Å²) >= 11 is 0. The smallest absolute Gasteiger partial charge is 0.219 e. The summed E-state index contributed by atoms with van der Waals surface area (Å²) in [5.74, 6) is 1.23. The van der Waals surface area contributed by atoms with Crippen molar-refractivity contribution in [1.29, 1.82) is 5.26 Å². The Balaban J connectivity index is 1.45. The van der Waals surface area contributed by atoms with Crippen LogP contribution < -0.4 is 10.1 Å². The third kappa shape index (κ3) is 4.14. The number of H-pyrrole nitrogens is 1. The van der Waals surface area contributed by atoms with Crippen molar-refractivity contribution in [3.05, 3.63) is 66.6 Å². The number of nitrogens with one attached hydrogen (secondary N) is 2. The van der Waals surface area contributed by atoms with E-state index in [0.29, 0.717) is 31.1 Å². The number of nitrogens with zero attached hydrogens (tertiary/aromatic N) is 4. The number of ether oxygens (including phenoxy) is 1. The van der Waals surface area contributed by atoms with Gasteiger partial charge in [-0.2, -0.15) is 10.4 Å². The molecule has 7 nitrogen and oxygen atoms in total. The first-order chi connectivity index (χ1) is 13.8. The Hall–Kier alpha value is -3.76. The quantitative estimate of drug-likeness (QED) is 0.480. The van der Waals surface area contributed by atoms with E-state index in [1.54, 1.807) is 12.4 Å². The summed E-state index contributed by atoms with van der Waals surface area (Å²) in [4.78, 5) is 8.99. The number of rotatable bonds is 7. The third-order valence-corrected chi connectivity index (χ3v) is 4.21. The maximum Gasteiger partial charge on any atom is 0.219 e. The van der Waals surface area contributed by atoms with Crippen molar-refractivity contribution in [1.82, 2.24) is 25.5 Å². The molecule has 0 aliphatic rings. The Morgan fingerprint density at radius 1 is 1.11 bits per heavy atom. The van der Waals surface area contributed by atoms with Gasteiger partial charge in [0.05, 0.1) is 23.0 Å². The van der Waals surface area contributed by atoms with Gasteiger partial charge in [-0.25, -0.2) is 4.98 Å². The van der Waals surface area contributed by atoms with E-state index in [2.05, 4.69) is 31.6 Å². The van der Waals surface area contributed by atoms with Crippen LogP contribution in [0.3, 0.4) is 0 Å². The molecule has 28 heavy (non-hydrogen) atoms. The third-order valence-electron chi connectivity index (χ3n) is 4.21. The van der Waals surface area contributed by atoms with E-state index >= 15 is 0 Å². The van der Waals surface area contributed by atoms with Gasteiger partial charge in [0.25, 0.3) is 0 Å². The number of pyridine rings is 2. The zero-order valence-electron chi connectivity index (χ0n) is 15.1. The molecule has 3 aromatic heterocycles. The van der Waals surface area contributed by atoms with E-state index in [1.807, 2.05) is 48.5 Å². The SMILES string of the molecule is N#CCCNCc1ccc2cc(Oc3ccc(-c4ccn[nH]4)cn3)ccc2n1. The number of aromatic amines is 1. The number of nitriles is 1. The molecule has 0 aliphatic carbocycles. The van der Waals surface area contributed by atoms with E-state index in [-0.39, 0.29) is 0 Å². The van der Waals surface area contributed by atoms with Crippen LogP contribution in [-0.4, -0.2) is 26.7 Å². The molecular weight excluding hydrogens is 352 g/mol. The fourth-order valence-electron chi connectivity index (χ4n) is 2.81. The van der Waals surface area contributed by atoms with Gasteiger partial charge < -0.3 is 10.1 Å². The molecule has 0 unspecified atom stereocenters. The molecule has 4 aromatic rings. The second-order valence-electron chi connectivity index (χ2n) is 6.20. The van der Waals surface area contributed by atoms with Gasteiger partial charge in [0.15, 0.2) is 0 Å². The summed E-state index contributed by atoms with van der Waals surface area (Å²) in [6.45, 7) is 1.30. The maximum atomic E-state index is 8.57. The largest absolute Gasteiger partial charge is 0.439 e. The lowest BCUT2D eigenvalue weighted by molar-refractivity contribution is 0.464. The topological polar surface area (TPSA) is 99.5 Å². The average Bonchev–Trinajstić information content (AvgIpc) is 3.27. The van der Waals surface area contributed by atoms with Crippen LogP contribution in [0.4, 0.5) is 0 Å². The molecule has 0 spiro atoms. The van der Waals surface area contributed by atoms with Crippen LogP contribution in [0.1, 0.15) is 12.1 Å². The highest BCUT2D eigenvalue weighted by Gasteiger charge is 2.05. The molecule has 0 atom stereocenters. The van der Waals surface area contributed by atoms with Crippen molar-refractivity contribution >= 4 is 10.9 Å². The zero-order chi connectivity index (χ0) is 19.2. The van der Waals surface area contributed by atoms with Gasteiger partial charge in [0.1, 0.15) is 5.75 Å². The van der Waals surface area contributed by atoms with Crippen LogP contribution in [-0.2, 0) is 6.54 Å². The number of fused-ring (bicyclic) bond motifs is 1. The minimum Gasteiger partial charge on any atom is -0.439 e. The van der Waals surface area contributed by atoms with Crippen LogP contribution in [0.15, 0.2) is 60.9 Å². The van der Waals surface area contributed by atoms with Crippen molar-refractivity contribution in [3.63, 3.8) is 0 Å². The van der Waals surface area contributed by atoms with Crippen molar-refractivity contribution in [2.75, 3.05) is 6.54 Å². The van der Waals surface area contributed by atoms with Crippen LogP contribution in [0, 0.1) is 11.3 Å². The fourth-order valence-corrected chi connectivity index (χ4v) is 2.81. The Morgan fingerprint density at radius 3 is 2.86 bits per heavy atom. The molecule has 0 radical (unpaired) electrons. The molecule has 138 valence electrons. The average molecular weight is 370 g/mol. The lowest BCUT2D eigenvalue weighted by atomic mass is 10.2. The molecule has 7 heteroatoms. The van der Waals surface area contributed by atoms with Gasteiger partial charge in [0, 0.05) is 48.9 Å². The highest BCUT2D eigenvalue weighted by Crippen LogP contribution is 2.25. The van der Waals surface area contributed by atoms with E-state index in [4.69, 9.17) is 10.00 Å². The second kappa shape index (κ2) is 8.29. The molecule has 0 saturated carbocycles. The van der Waals surface area contributed by atoms with Gasteiger partial charge in [0.2, 0.25) is 5.88 Å². The Morgan fingerprint density at radius 2 is 2.07 bits per heavy atom. The molecule has 0 bridgehead atoms. The number of aromatic nitrogens is 4. The van der Waals surface area contributed by atoms with E-state index < -0.39 is 0 Å². The van der Waals surface area contributed by atoms with Crippen molar-refractivity contribution < 1.29 is 4.74 Å². The van der Waals surface area contributed by atoms with Crippen LogP contribution in [0.5, 0.6) is 11.6 Å². The highest BCUT2D eigenvalue weighted by molar-refractivity contribution is 5.80. The first-order valence-electron chi connectivity index (χ1n) is 8.93. The highest BCUT2D eigenvalue weighted by atomic mass is 16.5. The van der Waals surface area contributed by atoms with Crippen LogP contribution in [0.2, 0.25) is 0 Å². The monoisotopic (exact) mass is 370 g/mol. The summed E-state index contributed by atoms with van der Waals surface area (Å²) in [7, 11) is 0. The fraction of sp³-hybridized carbons (Fsp3) is 0.143. The number of hydrogen-bond acceptors (Lipinski definition) is 6. The summed E-state index contributed by atoms with van der Waals surface area (Å²) in [5.41, 5.74) is 3.70. The van der Waals surface area contributed by atoms with Crippen molar-refractivity contribution in [2.45, 2.75) is 13.0 Å². The van der Waals surface area contributed by atoms with E-state index in [1.165, 1.54) is 0 Å². The first-order valence-corrected chi connectivity index (χ1v) is 8.93. The predicted molar refractivity (Wildman–Crippen MR) is 106 cm³/mol. The van der Waals surface area contributed by atoms with Crippen LogP contribution in [0.25, 0.3) is 22.2 Å². The summed E-state index contributed by atoms with van der Waals surface area (Å²) in [5, 5.41) is 19.6. The van der Waals surface area contributed by atoms with E-state index in [9.17, 15) is 0 Å². The Bertz CT molecular complexity index is 1100. The Kier molecular flexibility index (Phi) is 5.22. The van der Waals surface area contributed by atoms with Gasteiger partial charge >= 0.3 is 0 Å². The first kappa shape index (κ1) is 17.6. The number of hydrogen-bond donors (Lipinski definition) is 2. The number of benzene rings is 1. The normalized spacial score (nSPS) is 10.7. The molecule has 3 heterocycles. The molecule has 0 fully saturated rings. The standard InChI is InChI=1S/C21H18N6O/c22-9-1-10-23-14-17-4-2-15-12-18(5-6-19(15)26-17)28-21-7-3-16(13-24-21)20-8-11-25-27-20/h2-8,11-13,23H,1,10,14H2,(H,25,27).